The molecule has 0 fully saturated rings. The van der Waals surface area contributed by atoms with Crippen molar-refractivity contribution in [1.82, 2.24) is 5.48 Å². The van der Waals surface area contributed by atoms with Gasteiger partial charge in [-0.05, 0) is 76.6 Å². The zero-order valence-electron chi connectivity index (χ0n) is 14.2. The molecule has 0 aliphatic carbocycles. The monoisotopic (exact) mass is 558 g/mol. The van der Waals surface area contributed by atoms with Crippen LogP contribution in [0.1, 0.15) is 24.2 Å². The van der Waals surface area contributed by atoms with Crippen LogP contribution in [-0.4, -0.2) is 23.2 Å². The van der Waals surface area contributed by atoms with Crippen molar-refractivity contribution in [2.45, 2.75) is 19.4 Å². The zero-order valence-corrected chi connectivity index (χ0v) is 17.9. The van der Waals surface area contributed by atoms with Crippen LogP contribution in [0, 0.1) is 21.0 Å². The van der Waals surface area contributed by atoms with Gasteiger partial charge in [0.15, 0.2) is 11.6 Å². The summed E-state index contributed by atoms with van der Waals surface area (Å²) in [5, 5.41) is 11.6. The highest BCUT2D eigenvalue weighted by molar-refractivity contribution is 14.1. The maximum absolute atomic E-state index is 14.5. The van der Waals surface area contributed by atoms with E-state index in [4.69, 9.17) is 9.94 Å². The Balaban J connectivity index is 2.43. The second-order valence-corrected chi connectivity index (χ2v) is 8.21. The van der Waals surface area contributed by atoms with Gasteiger partial charge in [-0.2, -0.15) is 0 Å². The second kappa shape index (κ2) is 8.76. The highest BCUT2D eigenvalue weighted by Crippen LogP contribution is 2.32. The number of aliphatic hydroxyl groups is 1. The first-order chi connectivity index (χ1) is 12.6. The topological polar surface area (TPSA) is 70.6 Å². The van der Waals surface area contributed by atoms with Gasteiger partial charge >= 0.3 is 0 Å². The van der Waals surface area contributed by atoms with Crippen molar-refractivity contribution in [3.8, 4) is 0 Å². The number of rotatable bonds is 6. The third kappa shape index (κ3) is 5.33. The second-order valence-electron chi connectivity index (χ2n) is 6.11. The molecule has 1 amide bonds. The molecule has 0 aliphatic heterocycles. The molecule has 3 N–H and O–H groups in total. The van der Waals surface area contributed by atoms with Gasteiger partial charge in [-0.3, -0.25) is 9.63 Å². The first-order valence-electron chi connectivity index (χ1n) is 7.54. The number of carbonyl (C=O) groups excluding carboxylic acids is 1. The van der Waals surface area contributed by atoms with Crippen LogP contribution < -0.4 is 10.8 Å². The largest absolute Gasteiger partial charge is 0.393 e. The summed E-state index contributed by atoms with van der Waals surface area (Å²) in [7, 11) is 0. The molecular formula is C17H15BrF3IN2O3. The van der Waals surface area contributed by atoms with Crippen LogP contribution in [0.15, 0.2) is 28.7 Å². The molecule has 0 unspecified atom stereocenters. The number of aliphatic hydroxyl groups excluding tert-OH is 1. The van der Waals surface area contributed by atoms with E-state index < -0.39 is 41.3 Å². The van der Waals surface area contributed by atoms with Crippen LogP contribution >= 0.6 is 38.5 Å². The lowest BCUT2D eigenvalue weighted by atomic mass is 10.1. The summed E-state index contributed by atoms with van der Waals surface area (Å²) in [6.45, 7) is 2.62. The molecule has 0 atom stereocenters. The first kappa shape index (κ1) is 21.9. The molecular weight excluding hydrogens is 544 g/mol. The van der Waals surface area contributed by atoms with Crippen molar-refractivity contribution in [2.75, 3.05) is 11.9 Å². The van der Waals surface area contributed by atoms with Crippen LogP contribution in [0.25, 0.3) is 0 Å². The number of carbonyl (C=O) groups is 1. The minimum absolute atomic E-state index is 0.137. The van der Waals surface area contributed by atoms with E-state index in [1.54, 1.807) is 6.07 Å². The highest BCUT2D eigenvalue weighted by atomic mass is 127. The lowest BCUT2D eigenvalue weighted by molar-refractivity contribution is -0.0956. The van der Waals surface area contributed by atoms with E-state index in [2.05, 4.69) is 26.7 Å². The normalized spacial score (nSPS) is 11.4. The molecule has 0 bridgehead atoms. The molecule has 0 aliphatic rings. The number of hydroxylamine groups is 1. The Morgan fingerprint density at radius 3 is 2.52 bits per heavy atom. The average molecular weight is 559 g/mol. The molecule has 10 heteroatoms. The van der Waals surface area contributed by atoms with Gasteiger partial charge in [0.2, 0.25) is 0 Å². The van der Waals surface area contributed by atoms with E-state index in [1.165, 1.54) is 26.0 Å². The molecule has 146 valence electrons. The Morgan fingerprint density at radius 1 is 1.26 bits per heavy atom. The van der Waals surface area contributed by atoms with Gasteiger partial charge in [0.25, 0.3) is 5.91 Å². The van der Waals surface area contributed by atoms with Crippen molar-refractivity contribution in [2.24, 2.45) is 0 Å². The number of benzene rings is 2. The molecule has 2 rings (SSSR count). The Labute approximate surface area is 175 Å². The van der Waals surface area contributed by atoms with Gasteiger partial charge < -0.3 is 10.4 Å². The van der Waals surface area contributed by atoms with Gasteiger partial charge in [0.05, 0.1) is 28.0 Å². The van der Waals surface area contributed by atoms with E-state index in [0.29, 0.717) is 3.57 Å². The Hall–Kier alpha value is -1.37. The maximum atomic E-state index is 14.5. The van der Waals surface area contributed by atoms with Crippen molar-refractivity contribution in [1.29, 1.82) is 0 Å². The standard InChI is InChI=1S/C17H15BrF3IN2O3/c1-17(2,7-25)27-24-16(26)9-6-10(18)13(20)14(21)15(9)23-12-4-3-8(22)5-11(12)19/h3-6,23,25H,7H2,1-2H3,(H,24,26). The summed E-state index contributed by atoms with van der Waals surface area (Å²) in [6, 6.07) is 5.13. The predicted octanol–water partition coefficient (Wildman–Crippen LogP) is 4.65. The fourth-order valence-electron chi connectivity index (χ4n) is 1.89. The van der Waals surface area contributed by atoms with E-state index in [1.807, 2.05) is 22.6 Å². The van der Waals surface area contributed by atoms with Gasteiger partial charge in [0.1, 0.15) is 11.4 Å². The lowest BCUT2D eigenvalue weighted by Crippen LogP contribution is -2.38. The van der Waals surface area contributed by atoms with Gasteiger partial charge in [0, 0.05) is 3.57 Å². The summed E-state index contributed by atoms with van der Waals surface area (Å²) in [5.74, 6) is -4.22. The molecule has 0 spiro atoms. The van der Waals surface area contributed by atoms with Crippen molar-refractivity contribution < 1.29 is 27.9 Å². The Morgan fingerprint density at radius 2 is 1.93 bits per heavy atom. The molecule has 5 nitrogen and oxygen atoms in total. The van der Waals surface area contributed by atoms with Crippen LogP contribution in [-0.2, 0) is 4.84 Å². The summed E-state index contributed by atoms with van der Waals surface area (Å²) in [6.07, 6.45) is 0. The van der Waals surface area contributed by atoms with E-state index in [0.717, 1.165) is 6.07 Å². The molecule has 27 heavy (non-hydrogen) atoms. The van der Waals surface area contributed by atoms with Gasteiger partial charge in [-0.15, -0.1) is 0 Å². The van der Waals surface area contributed by atoms with E-state index >= 15 is 0 Å². The third-order valence-corrected chi connectivity index (χ3v) is 4.65. The molecule has 0 saturated carbocycles. The number of nitrogens with one attached hydrogen (secondary N) is 2. The first-order valence-corrected chi connectivity index (χ1v) is 9.41. The number of hydrogen-bond donors (Lipinski definition) is 3. The van der Waals surface area contributed by atoms with E-state index in [9.17, 15) is 18.0 Å². The number of amides is 1. The van der Waals surface area contributed by atoms with E-state index in [-0.39, 0.29) is 15.7 Å². The summed E-state index contributed by atoms with van der Waals surface area (Å²) >= 11 is 4.73. The molecule has 0 aromatic heterocycles. The Bertz CT molecular complexity index is 881. The van der Waals surface area contributed by atoms with Crippen molar-refractivity contribution >= 4 is 55.8 Å². The fraction of sp³-hybridized carbons (Fsp3) is 0.235. The van der Waals surface area contributed by atoms with Crippen molar-refractivity contribution in [3.05, 3.63) is 55.3 Å². The zero-order chi connectivity index (χ0) is 20.4. The fourth-order valence-corrected chi connectivity index (χ4v) is 2.75. The molecule has 0 saturated heterocycles. The van der Waals surface area contributed by atoms with Gasteiger partial charge in [-0.25, -0.2) is 18.7 Å². The number of anilines is 2. The lowest BCUT2D eigenvalue weighted by Gasteiger charge is -2.22. The SMILES string of the molecule is CC(C)(CO)ONC(=O)c1cc(Br)c(F)c(F)c1Nc1ccc(I)cc1F. The molecule has 0 radical (unpaired) electrons. The molecule has 0 heterocycles. The van der Waals surface area contributed by atoms with Crippen LogP contribution in [0.2, 0.25) is 0 Å². The Kier molecular flexibility index (Phi) is 7.11. The number of halogens is 5. The minimum Gasteiger partial charge on any atom is -0.393 e. The van der Waals surface area contributed by atoms with Crippen molar-refractivity contribution in [3.63, 3.8) is 0 Å². The van der Waals surface area contributed by atoms with Crippen LogP contribution in [0.3, 0.4) is 0 Å². The molecule has 2 aromatic carbocycles. The van der Waals surface area contributed by atoms with Crippen LogP contribution in [0.5, 0.6) is 0 Å². The van der Waals surface area contributed by atoms with Crippen LogP contribution in [0.4, 0.5) is 24.5 Å². The summed E-state index contributed by atoms with van der Waals surface area (Å²) in [4.78, 5) is 17.5. The predicted molar refractivity (Wildman–Crippen MR) is 106 cm³/mol. The summed E-state index contributed by atoms with van der Waals surface area (Å²) < 4.78 is 42.8. The molecule has 2 aromatic rings. The smallest absolute Gasteiger partial charge is 0.277 e. The third-order valence-electron chi connectivity index (χ3n) is 3.40. The summed E-state index contributed by atoms with van der Waals surface area (Å²) in [5.41, 5.74) is -0.0463. The maximum Gasteiger partial charge on any atom is 0.277 e. The minimum atomic E-state index is -1.37. The quantitative estimate of drug-likeness (QED) is 0.274. The van der Waals surface area contributed by atoms with Gasteiger partial charge in [-0.1, -0.05) is 0 Å². The number of hydrogen-bond acceptors (Lipinski definition) is 4. The highest BCUT2D eigenvalue weighted by Gasteiger charge is 2.25. The average Bonchev–Trinajstić information content (AvgIpc) is 2.61.